The molecule has 14 heavy (non-hydrogen) atoms. The Bertz CT molecular complexity index is 250. The summed E-state index contributed by atoms with van der Waals surface area (Å²) in [6.07, 6.45) is 9.35. The quantitative estimate of drug-likeness (QED) is 0.657. The zero-order valence-corrected chi connectivity index (χ0v) is 13.4. The Hall–Kier alpha value is 0.131. The lowest BCUT2D eigenvalue weighted by Crippen LogP contribution is -2.64. The predicted octanol–water partition coefficient (Wildman–Crippen LogP) is 3.81. The van der Waals surface area contributed by atoms with E-state index in [1.165, 1.54) is 0 Å². The van der Waals surface area contributed by atoms with Crippen molar-refractivity contribution in [2.45, 2.75) is 44.8 Å². The van der Waals surface area contributed by atoms with Gasteiger partial charge in [0.05, 0.1) is 7.59 Å². The summed E-state index contributed by atoms with van der Waals surface area (Å²) in [7, 11) is -2.06. The minimum atomic E-state index is -1.05. The van der Waals surface area contributed by atoms with Gasteiger partial charge in [-0.15, -0.1) is 0 Å². The van der Waals surface area contributed by atoms with E-state index in [0.717, 1.165) is 5.54 Å². The summed E-state index contributed by atoms with van der Waals surface area (Å²) in [5.74, 6) is 0. The van der Waals surface area contributed by atoms with Crippen molar-refractivity contribution in [3.05, 3.63) is 24.3 Å². The van der Waals surface area contributed by atoms with E-state index >= 15 is 0 Å². The summed E-state index contributed by atoms with van der Waals surface area (Å²) < 4.78 is 0. The van der Waals surface area contributed by atoms with Gasteiger partial charge < -0.3 is 0 Å². The Morgan fingerprint density at radius 3 is 1.71 bits per heavy atom. The first kappa shape index (κ1) is 12.2. The van der Waals surface area contributed by atoms with Crippen LogP contribution in [0.25, 0.3) is 0 Å². The predicted molar refractivity (Wildman–Crippen MR) is 74.5 cm³/mol. The summed E-state index contributed by atoms with van der Waals surface area (Å²) in [4.78, 5) is 0. The Morgan fingerprint density at radius 1 is 0.929 bits per heavy atom. The Balaban J connectivity index is 2.93. The van der Waals surface area contributed by atoms with Crippen LogP contribution in [0.3, 0.4) is 0 Å². The first-order valence-electron chi connectivity index (χ1n) is 5.46. The fourth-order valence-electron chi connectivity index (χ4n) is 1.97. The highest BCUT2D eigenvalue weighted by Gasteiger charge is 2.46. The summed E-state index contributed by atoms with van der Waals surface area (Å²) in [6, 6.07) is 0. The van der Waals surface area contributed by atoms with Gasteiger partial charge in [-0.2, -0.15) is 0 Å². The molecule has 0 aromatic carbocycles. The molecule has 3 heteroatoms. The van der Waals surface area contributed by atoms with Crippen LogP contribution in [0.1, 0.15) is 0 Å². The standard InChI is InChI=1S/C11H23Si3/c1-12(2)14(5,6)13(3,4)11-9-7-8-10-11/h7-11H,1-6H3. The smallest absolute Gasteiger partial charge is 0.0502 e. The average molecular weight is 240 g/mol. The van der Waals surface area contributed by atoms with Gasteiger partial charge in [0.25, 0.3) is 0 Å². The number of allylic oxidation sites excluding steroid dienone is 4. The van der Waals surface area contributed by atoms with E-state index in [1.807, 2.05) is 0 Å². The van der Waals surface area contributed by atoms with E-state index in [0.29, 0.717) is 0 Å². The van der Waals surface area contributed by atoms with Crippen LogP contribution < -0.4 is 0 Å². The molecular weight excluding hydrogens is 216 g/mol. The molecule has 0 spiro atoms. The maximum atomic E-state index is 2.63. The fourth-order valence-corrected chi connectivity index (χ4v) is 25.3. The van der Waals surface area contributed by atoms with E-state index in [-0.39, 0.29) is 8.31 Å². The fraction of sp³-hybridized carbons (Fsp3) is 0.636. The average Bonchev–Trinajstić information content (AvgIpc) is 2.55. The molecule has 0 aliphatic heterocycles. The first-order chi connectivity index (χ1) is 6.30. The second-order valence-electron chi connectivity index (χ2n) is 5.64. The Labute approximate surface area is 92.3 Å². The SMILES string of the molecule is C[Si](C)[Si](C)(C)[Si](C)(C)C1C=CC=C1. The molecule has 0 fully saturated rings. The largest absolute Gasteiger partial charge is 0.0806 e. The number of rotatable bonds is 3. The molecule has 0 heterocycles. The van der Waals surface area contributed by atoms with Crippen LogP contribution >= 0.6 is 0 Å². The highest BCUT2D eigenvalue weighted by atomic mass is 29.6. The maximum Gasteiger partial charge on any atom is 0.0502 e. The van der Waals surface area contributed by atoms with Crippen LogP contribution in [0.2, 0.25) is 44.8 Å². The number of hydrogen-bond donors (Lipinski definition) is 0. The second-order valence-corrected chi connectivity index (χ2v) is 30.9. The third kappa shape index (κ3) is 1.90. The molecule has 1 rings (SSSR count). The van der Waals surface area contributed by atoms with E-state index in [2.05, 4.69) is 63.6 Å². The molecule has 0 amide bonds. The lowest BCUT2D eigenvalue weighted by Gasteiger charge is -2.44. The third-order valence-corrected chi connectivity index (χ3v) is 40.7. The molecule has 0 saturated heterocycles. The zero-order valence-electron chi connectivity index (χ0n) is 10.4. The van der Waals surface area contributed by atoms with Gasteiger partial charge in [-0.1, -0.05) is 63.6 Å². The van der Waals surface area contributed by atoms with Crippen molar-refractivity contribution < 1.29 is 0 Å². The minimum absolute atomic E-state index is 0.0715. The van der Waals surface area contributed by atoms with E-state index in [1.54, 1.807) is 0 Å². The molecule has 0 saturated carbocycles. The van der Waals surface area contributed by atoms with Gasteiger partial charge in [-0.3, -0.25) is 0 Å². The highest BCUT2D eigenvalue weighted by molar-refractivity contribution is 7.64. The molecule has 0 nitrogen and oxygen atoms in total. The molecule has 0 aromatic heterocycles. The summed E-state index contributed by atoms with van der Waals surface area (Å²) in [5.41, 5.74) is 0.823. The molecule has 79 valence electrons. The second kappa shape index (κ2) is 3.95. The first-order valence-corrected chi connectivity index (χ1v) is 16.0. The maximum absolute atomic E-state index is 2.63. The Kier molecular flexibility index (Phi) is 3.44. The minimum Gasteiger partial charge on any atom is -0.0806 e. The van der Waals surface area contributed by atoms with Crippen molar-refractivity contribution in [1.82, 2.24) is 0 Å². The van der Waals surface area contributed by atoms with Crippen LogP contribution in [-0.4, -0.2) is 23.0 Å². The molecule has 1 aliphatic rings. The van der Waals surface area contributed by atoms with Gasteiger partial charge in [0.15, 0.2) is 0 Å². The van der Waals surface area contributed by atoms with Crippen molar-refractivity contribution in [2.24, 2.45) is 0 Å². The summed E-state index contributed by atoms with van der Waals surface area (Å²) >= 11 is 0. The van der Waals surface area contributed by atoms with Gasteiger partial charge in [-0.05, 0) is 5.54 Å². The zero-order chi connectivity index (χ0) is 11.0. The summed E-state index contributed by atoms with van der Waals surface area (Å²) in [6.45, 7) is 15.5. The Morgan fingerprint density at radius 2 is 1.36 bits per heavy atom. The van der Waals surface area contributed by atoms with Gasteiger partial charge in [0.2, 0.25) is 0 Å². The number of hydrogen-bond acceptors (Lipinski definition) is 0. The van der Waals surface area contributed by atoms with Crippen molar-refractivity contribution >= 4 is 23.0 Å². The molecule has 0 atom stereocenters. The van der Waals surface area contributed by atoms with Crippen LogP contribution in [0, 0.1) is 0 Å². The molecule has 0 N–H and O–H groups in total. The van der Waals surface area contributed by atoms with E-state index < -0.39 is 14.7 Å². The molecule has 0 unspecified atom stereocenters. The van der Waals surface area contributed by atoms with Crippen LogP contribution in [0.15, 0.2) is 24.3 Å². The lowest BCUT2D eigenvalue weighted by atomic mass is 10.5. The monoisotopic (exact) mass is 239 g/mol. The van der Waals surface area contributed by atoms with Crippen molar-refractivity contribution in [2.75, 3.05) is 0 Å². The summed E-state index contributed by atoms with van der Waals surface area (Å²) in [5, 5.41) is 0. The highest BCUT2D eigenvalue weighted by Crippen LogP contribution is 2.36. The van der Waals surface area contributed by atoms with Crippen LogP contribution in [0.4, 0.5) is 0 Å². The molecule has 0 bridgehead atoms. The van der Waals surface area contributed by atoms with Crippen LogP contribution in [0.5, 0.6) is 0 Å². The topological polar surface area (TPSA) is 0 Å². The van der Waals surface area contributed by atoms with E-state index in [9.17, 15) is 0 Å². The van der Waals surface area contributed by atoms with Gasteiger partial charge in [0, 0.05) is 15.4 Å². The van der Waals surface area contributed by atoms with Gasteiger partial charge in [-0.25, -0.2) is 0 Å². The van der Waals surface area contributed by atoms with Crippen molar-refractivity contribution in [3.63, 3.8) is 0 Å². The van der Waals surface area contributed by atoms with Gasteiger partial charge in [0.1, 0.15) is 0 Å². The lowest BCUT2D eigenvalue weighted by molar-refractivity contribution is 1.32. The molecule has 1 aliphatic carbocycles. The normalized spacial score (nSPS) is 18.5. The third-order valence-electron chi connectivity index (χ3n) is 4.44. The van der Waals surface area contributed by atoms with Gasteiger partial charge >= 0.3 is 0 Å². The van der Waals surface area contributed by atoms with Crippen molar-refractivity contribution in [3.8, 4) is 0 Å². The molecular formula is C11H23Si3. The van der Waals surface area contributed by atoms with Crippen molar-refractivity contribution in [1.29, 1.82) is 0 Å². The van der Waals surface area contributed by atoms with Crippen LogP contribution in [-0.2, 0) is 0 Å². The molecule has 1 radical (unpaired) electrons. The van der Waals surface area contributed by atoms with E-state index in [4.69, 9.17) is 0 Å². The molecule has 0 aromatic rings.